The van der Waals surface area contributed by atoms with Crippen molar-refractivity contribution in [3.8, 4) is 5.75 Å². The molecule has 2 amide bonds. The molecule has 0 aromatic heterocycles. The number of carbonyl (C=O) groups is 2. The van der Waals surface area contributed by atoms with Crippen molar-refractivity contribution in [1.29, 1.82) is 0 Å². The molecule has 7 heteroatoms. The standard InChI is InChI=1S/C15H21N3O4/c1-21-12-4-2-3-11(9-12)14(19)17-5-6-18-15(20)13-10-22-8-7-16-13/h2-4,9,13,16H,5-8,10H2,1H3,(H,17,19)(H,18,20). The van der Waals surface area contributed by atoms with Crippen LogP contribution in [0.25, 0.3) is 0 Å². The van der Waals surface area contributed by atoms with Gasteiger partial charge in [-0.1, -0.05) is 6.07 Å². The predicted molar refractivity (Wildman–Crippen MR) is 80.9 cm³/mol. The Bertz CT molecular complexity index is 515. The van der Waals surface area contributed by atoms with Crippen LogP contribution in [0.5, 0.6) is 5.75 Å². The van der Waals surface area contributed by atoms with Gasteiger partial charge in [-0.2, -0.15) is 0 Å². The SMILES string of the molecule is COc1cccc(C(=O)NCCNC(=O)C2COCCN2)c1. The van der Waals surface area contributed by atoms with Gasteiger partial charge in [-0.15, -0.1) is 0 Å². The second-order valence-electron chi connectivity index (χ2n) is 4.86. The highest BCUT2D eigenvalue weighted by molar-refractivity contribution is 5.94. The van der Waals surface area contributed by atoms with E-state index in [9.17, 15) is 9.59 Å². The van der Waals surface area contributed by atoms with Crippen LogP contribution in [-0.2, 0) is 9.53 Å². The molecule has 22 heavy (non-hydrogen) atoms. The molecule has 0 bridgehead atoms. The number of hydrogen-bond donors (Lipinski definition) is 3. The second-order valence-corrected chi connectivity index (χ2v) is 4.86. The molecule has 1 fully saturated rings. The van der Waals surface area contributed by atoms with E-state index in [1.165, 1.54) is 0 Å². The normalized spacial score (nSPS) is 17.6. The van der Waals surface area contributed by atoms with E-state index in [1.54, 1.807) is 31.4 Å². The van der Waals surface area contributed by atoms with E-state index in [0.717, 1.165) is 0 Å². The van der Waals surface area contributed by atoms with Crippen LogP contribution in [0.2, 0.25) is 0 Å². The number of methoxy groups -OCH3 is 1. The highest BCUT2D eigenvalue weighted by Crippen LogP contribution is 2.12. The van der Waals surface area contributed by atoms with E-state index < -0.39 is 0 Å². The maximum absolute atomic E-state index is 11.9. The molecule has 0 aliphatic carbocycles. The van der Waals surface area contributed by atoms with Crippen LogP contribution < -0.4 is 20.7 Å². The van der Waals surface area contributed by atoms with Crippen LogP contribution in [0.1, 0.15) is 10.4 Å². The fourth-order valence-corrected chi connectivity index (χ4v) is 2.09. The van der Waals surface area contributed by atoms with E-state index in [0.29, 0.717) is 44.2 Å². The third-order valence-corrected chi connectivity index (χ3v) is 3.28. The number of ether oxygens (including phenoxy) is 2. The maximum atomic E-state index is 11.9. The van der Waals surface area contributed by atoms with Gasteiger partial charge in [0.15, 0.2) is 0 Å². The highest BCUT2D eigenvalue weighted by atomic mass is 16.5. The van der Waals surface area contributed by atoms with Crippen molar-refractivity contribution in [2.45, 2.75) is 6.04 Å². The fraction of sp³-hybridized carbons (Fsp3) is 0.467. The lowest BCUT2D eigenvalue weighted by atomic mass is 10.2. The summed E-state index contributed by atoms with van der Waals surface area (Å²) in [6.45, 7) is 2.40. The van der Waals surface area contributed by atoms with Gasteiger partial charge in [-0.05, 0) is 18.2 Å². The largest absolute Gasteiger partial charge is 0.497 e. The van der Waals surface area contributed by atoms with Crippen molar-refractivity contribution in [1.82, 2.24) is 16.0 Å². The summed E-state index contributed by atoms with van der Waals surface area (Å²) in [5.41, 5.74) is 0.521. The minimum absolute atomic E-state index is 0.115. The van der Waals surface area contributed by atoms with Gasteiger partial charge in [-0.25, -0.2) is 0 Å². The molecule has 1 aromatic rings. The summed E-state index contributed by atoms with van der Waals surface area (Å²) in [5.74, 6) is 0.312. The Kier molecular flexibility index (Phi) is 6.17. The fourth-order valence-electron chi connectivity index (χ4n) is 2.09. The Labute approximate surface area is 129 Å². The number of nitrogens with one attached hydrogen (secondary N) is 3. The summed E-state index contributed by atoms with van der Waals surface area (Å²) in [6, 6.07) is 6.58. The van der Waals surface area contributed by atoms with Crippen LogP contribution in [0, 0.1) is 0 Å². The molecular weight excluding hydrogens is 286 g/mol. The first-order valence-corrected chi connectivity index (χ1v) is 7.22. The minimum atomic E-state index is -0.317. The summed E-state index contributed by atoms with van der Waals surface area (Å²) in [5, 5.41) is 8.58. The molecule has 1 aromatic carbocycles. The maximum Gasteiger partial charge on any atom is 0.251 e. The third-order valence-electron chi connectivity index (χ3n) is 3.28. The number of hydrogen-bond acceptors (Lipinski definition) is 5. The van der Waals surface area contributed by atoms with Crippen LogP contribution in [0.4, 0.5) is 0 Å². The second kappa shape index (κ2) is 8.35. The van der Waals surface area contributed by atoms with Crippen LogP contribution in [0.15, 0.2) is 24.3 Å². The van der Waals surface area contributed by atoms with E-state index in [1.807, 2.05) is 0 Å². The average Bonchev–Trinajstić information content (AvgIpc) is 2.59. The van der Waals surface area contributed by atoms with Crippen molar-refractivity contribution in [2.24, 2.45) is 0 Å². The topological polar surface area (TPSA) is 88.7 Å². The quantitative estimate of drug-likeness (QED) is 0.618. The average molecular weight is 307 g/mol. The van der Waals surface area contributed by atoms with Gasteiger partial charge in [0, 0.05) is 25.2 Å². The summed E-state index contributed by atoms with van der Waals surface area (Å²) >= 11 is 0. The molecule has 1 saturated heterocycles. The lowest BCUT2D eigenvalue weighted by molar-refractivity contribution is -0.125. The number of carbonyl (C=O) groups excluding carboxylic acids is 2. The Morgan fingerprint density at radius 3 is 2.91 bits per heavy atom. The molecule has 2 rings (SSSR count). The Morgan fingerprint density at radius 1 is 1.36 bits per heavy atom. The zero-order valence-electron chi connectivity index (χ0n) is 12.6. The molecule has 0 saturated carbocycles. The number of amides is 2. The van der Waals surface area contributed by atoms with Gasteiger partial charge in [0.1, 0.15) is 11.8 Å². The van der Waals surface area contributed by atoms with Gasteiger partial charge in [-0.3, -0.25) is 9.59 Å². The zero-order chi connectivity index (χ0) is 15.8. The van der Waals surface area contributed by atoms with Crippen LogP contribution in [-0.4, -0.2) is 57.8 Å². The molecule has 1 atom stereocenters. The van der Waals surface area contributed by atoms with Gasteiger partial charge in [0.05, 0.1) is 20.3 Å². The Morgan fingerprint density at radius 2 is 2.18 bits per heavy atom. The van der Waals surface area contributed by atoms with Gasteiger partial charge in [0.25, 0.3) is 5.91 Å². The van der Waals surface area contributed by atoms with Crippen molar-refractivity contribution >= 4 is 11.8 Å². The number of rotatable bonds is 6. The molecule has 0 radical (unpaired) electrons. The van der Waals surface area contributed by atoms with Crippen LogP contribution >= 0.6 is 0 Å². The Balaban J connectivity index is 1.69. The lowest BCUT2D eigenvalue weighted by Gasteiger charge is -2.22. The van der Waals surface area contributed by atoms with E-state index in [4.69, 9.17) is 9.47 Å². The monoisotopic (exact) mass is 307 g/mol. The Hall–Kier alpha value is -2.12. The molecule has 1 aliphatic rings. The molecule has 1 aliphatic heterocycles. The number of benzene rings is 1. The molecule has 120 valence electrons. The molecule has 1 unspecified atom stereocenters. The van der Waals surface area contributed by atoms with Gasteiger partial charge >= 0.3 is 0 Å². The highest BCUT2D eigenvalue weighted by Gasteiger charge is 2.20. The molecule has 0 spiro atoms. The predicted octanol–water partition coefficient (Wildman–Crippen LogP) is -0.470. The lowest BCUT2D eigenvalue weighted by Crippen LogP contribution is -2.52. The first-order chi connectivity index (χ1) is 10.7. The summed E-state index contributed by atoms with van der Waals surface area (Å²) < 4.78 is 10.3. The first-order valence-electron chi connectivity index (χ1n) is 7.22. The zero-order valence-corrected chi connectivity index (χ0v) is 12.6. The van der Waals surface area contributed by atoms with Crippen molar-refractivity contribution in [2.75, 3.05) is 40.0 Å². The molecule has 1 heterocycles. The van der Waals surface area contributed by atoms with Crippen LogP contribution in [0.3, 0.4) is 0 Å². The van der Waals surface area contributed by atoms with Crippen molar-refractivity contribution in [3.05, 3.63) is 29.8 Å². The first kappa shape index (κ1) is 16.3. The number of morpholine rings is 1. The van der Waals surface area contributed by atoms with Crippen molar-refractivity contribution in [3.63, 3.8) is 0 Å². The minimum Gasteiger partial charge on any atom is -0.497 e. The van der Waals surface area contributed by atoms with E-state index in [-0.39, 0.29) is 17.9 Å². The van der Waals surface area contributed by atoms with Crippen molar-refractivity contribution < 1.29 is 19.1 Å². The summed E-state index contributed by atoms with van der Waals surface area (Å²) in [4.78, 5) is 23.8. The third kappa shape index (κ3) is 4.71. The van der Waals surface area contributed by atoms with Gasteiger partial charge in [0.2, 0.25) is 5.91 Å². The van der Waals surface area contributed by atoms with Gasteiger partial charge < -0.3 is 25.4 Å². The molecule has 3 N–H and O–H groups in total. The summed E-state index contributed by atoms with van der Waals surface area (Å²) in [7, 11) is 1.55. The van der Waals surface area contributed by atoms with E-state index >= 15 is 0 Å². The van der Waals surface area contributed by atoms with E-state index in [2.05, 4.69) is 16.0 Å². The smallest absolute Gasteiger partial charge is 0.251 e. The molecular formula is C15H21N3O4. The molecule has 7 nitrogen and oxygen atoms in total. The summed E-state index contributed by atoms with van der Waals surface area (Å²) in [6.07, 6.45) is 0.